The second kappa shape index (κ2) is 4.94. The third kappa shape index (κ3) is 2.50. The van der Waals surface area contributed by atoms with Crippen molar-refractivity contribution in [3.05, 3.63) is 11.4 Å². The molecular weight excluding hydrogens is 242 g/mol. The Bertz CT molecular complexity index is 474. The van der Waals surface area contributed by atoms with Gasteiger partial charge in [0.2, 0.25) is 0 Å². The standard InChI is InChI=1S/C13H21N5O/c1-8-7-18(5-6-19-8)13-9(2)11(17-14)15-12(16-13)10-3-4-10/h8,10H,3-7,14H2,1-2H3,(H,15,16,17). The first kappa shape index (κ1) is 12.6. The van der Waals surface area contributed by atoms with Crippen LogP contribution in [0.5, 0.6) is 0 Å². The number of nitrogens with zero attached hydrogens (tertiary/aromatic N) is 3. The van der Waals surface area contributed by atoms with Crippen LogP contribution in [-0.4, -0.2) is 35.8 Å². The maximum atomic E-state index is 5.59. The van der Waals surface area contributed by atoms with E-state index in [9.17, 15) is 0 Å². The SMILES string of the molecule is Cc1c(NN)nc(C2CC2)nc1N1CCOC(C)C1. The summed E-state index contributed by atoms with van der Waals surface area (Å²) in [4.78, 5) is 11.6. The van der Waals surface area contributed by atoms with E-state index in [-0.39, 0.29) is 6.10 Å². The van der Waals surface area contributed by atoms with Crippen molar-refractivity contribution in [2.45, 2.75) is 38.7 Å². The lowest BCUT2D eigenvalue weighted by Gasteiger charge is -2.33. The van der Waals surface area contributed by atoms with Crippen LogP contribution in [0.1, 0.15) is 37.1 Å². The molecule has 0 aromatic carbocycles. The summed E-state index contributed by atoms with van der Waals surface area (Å²) >= 11 is 0. The van der Waals surface area contributed by atoms with Crippen LogP contribution in [0.15, 0.2) is 0 Å². The average Bonchev–Trinajstić information content (AvgIpc) is 3.23. The number of ether oxygens (including phenoxy) is 1. The molecule has 0 radical (unpaired) electrons. The number of morpholine rings is 1. The highest BCUT2D eigenvalue weighted by atomic mass is 16.5. The molecule has 1 aliphatic heterocycles. The maximum absolute atomic E-state index is 5.59. The highest BCUT2D eigenvalue weighted by Gasteiger charge is 2.29. The molecule has 0 amide bonds. The molecule has 2 heterocycles. The van der Waals surface area contributed by atoms with E-state index in [0.717, 1.165) is 42.7 Å². The van der Waals surface area contributed by atoms with E-state index in [2.05, 4.69) is 22.2 Å². The fourth-order valence-electron chi connectivity index (χ4n) is 2.50. The van der Waals surface area contributed by atoms with Gasteiger partial charge in [-0.1, -0.05) is 0 Å². The Hall–Kier alpha value is -1.40. The van der Waals surface area contributed by atoms with E-state index in [0.29, 0.717) is 5.92 Å². The normalized spacial score (nSPS) is 23.5. The molecule has 1 aliphatic carbocycles. The van der Waals surface area contributed by atoms with E-state index >= 15 is 0 Å². The number of hydrogen-bond acceptors (Lipinski definition) is 6. The predicted molar refractivity (Wildman–Crippen MR) is 74.2 cm³/mol. The predicted octanol–water partition coefficient (Wildman–Crippen LogP) is 1.17. The number of hydrogen-bond donors (Lipinski definition) is 2. The van der Waals surface area contributed by atoms with Crippen LogP contribution < -0.4 is 16.2 Å². The summed E-state index contributed by atoms with van der Waals surface area (Å²) < 4.78 is 5.59. The van der Waals surface area contributed by atoms with E-state index in [1.165, 1.54) is 12.8 Å². The Labute approximate surface area is 113 Å². The monoisotopic (exact) mass is 263 g/mol. The molecule has 0 spiro atoms. The lowest BCUT2D eigenvalue weighted by Crippen LogP contribution is -2.42. The fourth-order valence-corrected chi connectivity index (χ4v) is 2.50. The summed E-state index contributed by atoms with van der Waals surface area (Å²) in [6, 6.07) is 0. The third-order valence-electron chi connectivity index (χ3n) is 3.76. The molecule has 1 aromatic rings. The van der Waals surface area contributed by atoms with Gasteiger partial charge in [-0.2, -0.15) is 0 Å². The molecule has 0 bridgehead atoms. The minimum atomic E-state index is 0.238. The Morgan fingerprint density at radius 3 is 2.79 bits per heavy atom. The van der Waals surface area contributed by atoms with Crippen molar-refractivity contribution in [2.75, 3.05) is 30.0 Å². The number of anilines is 2. The quantitative estimate of drug-likeness (QED) is 0.630. The zero-order chi connectivity index (χ0) is 13.4. The molecule has 1 saturated carbocycles. The smallest absolute Gasteiger partial charge is 0.148 e. The molecule has 6 heteroatoms. The Morgan fingerprint density at radius 1 is 1.37 bits per heavy atom. The van der Waals surface area contributed by atoms with Gasteiger partial charge in [0.05, 0.1) is 12.7 Å². The number of nitrogens with one attached hydrogen (secondary N) is 1. The number of nitrogen functional groups attached to an aromatic ring is 1. The second-order valence-electron chi connectivity index (χ2n) is 5.43. The summed E-state index contributed by atoms with van der Waals surface area (Å²) in [5.74, 6) is 8.77. The van der Waals surface area contributed by atoms with Crippen molar-refractivity contribution in [2.24, 2.45) is 5.84 Å². The van der Waals surface area contributed by atoms with Crippen molar-refractivity contribution < 1.29 is 4.74 Å². The Morgan fingerprint density at radius 2 is 2.16 bits per heavy atom. The first-order valence-electron chi connectivity index (χ1n) is 6.90. The van der Waals surface area contributed by atoms with Crippen molar-refractivity contribution in [1.82, 2.24) is 9.97 Å². The number of rotatable bonds is 3. The Kier molecular flexibility index (Phi) is 3.28. The van der Waals surface area contributed by atoms with Gasteiger partial charge in [0.25, 0.3) is 0 Å². The number of nitrogens with two attached hydrogens (primary N) is 1. The van der Waals surface area contributed by atoms with Crippen LogP contribution in [0.3, 0.4) is 0 Å². The zero-order valence-electron chi connectivity index (χ0n) is 11.5. The van der Waals surface area contributed by atoms with Crippen molar-refractivity contribution in [1.29, 1.82) is 0 Å². The van der Waals surface area contributed by atoms with Crippen LogP contribution in [-0.2, 0) is 4.74 Å². The van der Waals surface area contributed by atoms with Crippen LogP contribution in [0.2, 0.25) is 0 Å². The maximum Gasteiger partial charge on any atom is 0.148 e. The molecule has 1 saturated heterocycles. The Balaban J connectivity index is 1.95. The van der Waals surface area contributed by atoms with E-state index < -0.39 is 0 Å². The van der Waals surface area contributed by atoms with Crippen LogP contribution in [0, 0.1) is 6.92 Å². The van der Waals surface area contributed by atoms with Gasteiger partial charge in [0, 0.05) is 24.6 Å². The molecule has 2 aliphatic rings. The summed E-state index contributed by atoms with van der Waals surface area (Å²) in [6.07, 6.45) is 2.61. The fraction of sp³-hybridized carbons (Fsp3) is 0.692. The molecule has 1 unspecified atom stereocenters. The summed E-state index contributed by atoms with van der Waals surface area (Å²) in [7, 11) is 0. The minimum Gasteiger partial charge on any atom is -0.375 e. The van der Waals surface area contributed by atoms with Crippen LogP contribution in [0.4, 0.5) is 11.6 Å². The highest BCUT2D eigenvalue weighted by molar-refractivity contribution is 5.58. The highest BCUT2D eigenvalue weighted by Crippen LogP contribution is 2.40. The summed E-state index contributed by atoms with van der Waals surface area (Å²) in [6.45, 7) is 6.59. The molecule has 6 nitrogen and oxygen atoms in total. The molecule has 1 atom stereocenters. The molecule has 19 heavy (non-hydrogen) atoms. The molecule has 3 N–H and O–H groups in total. The van der Waals surface area contributed by atoms with Crippen LogP contribution >= 0.6 is 0 Å². The molecular formula is C13H21N5O. The van der Waals surface area contributed by atoms with Gasteiger partial charge >= 0.3 is 0 Å². The van der Waals surface area contributed by atoms with Crippen LogP contribution in [0.25, 0.3) is 0 Å². The number of hydrazine groups is 1. The first-order chi connectivity index (χ1) is 9.19. The van der Waals surface area contributed by atoms with E-state index in [1.54, 1.807) is 0 Å². The first-order valence-corrected chi connectivity index (χ1v) is 6.90. The minimum absolute atomic E-state index is 0.238. The third-order valence-corrected chi connectivity index (χ3v) is 3.76. The molecule has 3 rings (SSSR count). The van der Waals surface area contributed by atoms with Gasteiger partial charge in [-0.15, -0.1) is 0 Å². The van der Waals surface area contributed by atoms with Gasteiger partial charge in [0.1, 0.15) is 17.5 Å². The van der Waals surface area contributed by atoms with Gasteiger partial charge < -0.3 is 15.1 Å². The van der Waals surface area contributed by atoms with Crippen molar-refractivity contribution >= 4 is 11.6 Å². The van der Waals surface area contributed by atoms with E-state index in [4.69, 9.17) is 15.6 Å². The topological polar surface area (TPSA) is 76.3 Å². The molecule has 1 aromatic heterocycles. The number of aromatic nitrogens is 2. The van der Waals surface area contributed by atoms with E-state index in [1.807, 2.05) is 6.92 Å². The lowest BCUT2D eigenvalue weighted by atomic mass is 10.2. The largest absolute Gasteiger partial charge is 0.375 e. The second-order valence-corrected chi connectivity index (χ2v) is 5.43. The van der Waals surface area contributed by atoms with Gasteiger partial charge in [-0.05, 0) is 26.7 Å². The molecule has 2 fully saturated rings. The van der Waals surface area contributed by atoms with Crippen molar-refractivity contribution in [3.8, 4) is 0 Å². The van der Waals surface area contributed by atoms with Gasteiger partial charge in [-0.3, -0.25) is 0 Å². The molecule has 104 valence electrons. The summed E-state index contributed by atoms with van der Waals surface area (Å²) in [5.41, 5.74) is 3.71. The lowest BCUT2D eigenvalue weighted by molar-refractivity contribution is 0.0529. The van der Waals surface area contributed by atoms with Gasteiger partial charge in [-0.25, -0.2) is 15.8 Å². The average molecular weight is 263 g/mol. The zero-order valence-corrected chi connectivity index (χ0v) is 11.5. The summed E-state index contributed by atoms with van der Waals surface area (Å²) in [5, 5.41) is 0. The van der Waals surface area contributed by atoms with Gasteiger partial charge in [0.15, 0.2) is 0 Å². The van der Waals surface area contributed by atoms with Crippen molar-refractivity contribution in [3.63, 3.8) is 0 Å².